The molecule has 1 rings (SSSR count). The molecule has 17 heavy (non-hydrogen) atoms. The lowest BCUT2D eigenvalue weighted by Gasteiger charge is -2.12. The first-order chi connectivity index (χ1) is 8.31. The monoisotopic (exact) mass is 274 g/mol. The van der Waals surface area contributed by atoms with Crippen molar-refractivity contribution in [2.75, 3.05) is 25.2 Å². The Hall–Kier alpha value is -0.540. The minimum absolute atomic E-state index is 0.493. The van der Waals surface area contributed by atoms with Crippen LogP contribution in [0.1, 0.15) is 18.9 Å². The summed E-state index contributed by atoms with van der Waals surface area (Å²) in [6.07, 6.45) is 3.14. The highest BCUT2D eigenvalue weighted by atomic mass is 35.5. The van der Waals surface area contributed by atoms with Crippen LogP contribution < -0.4 is 9.47 Å². The number of alkyl halides is 1. The van der Waals surface area contributed by atoms with Crippen LogP contribution in [-0.4, -0.2) is 25.2 Å². The molecule has 0 amide bonds. The van der Waals surface area contributed by atoms with Gasteiger partial charge in [0.25, 0.3) is 0 Å². The number of hydrogen-bond acceptors (Lipinski definition) is 3. The lowest BCUT2D eigenvalue weighted by atomic mass is 10.2. The molecule has 0 aliphatic carbocycles. The van der Waals surface area contributed by atoms with E-state index in [4.69, 9.17) is 21.1 Å². The van der Waals surface area contributed by atoms with Gasteiger partial charge in [0, 0.05) is 5.88 Å². The van der Waals surface area contributed by atoms with Gasteiger partial charge in [0.05, 0.1) is 13.2 Å². The third-order valence-corrected chi connectivity index (χ3v) is 3.22. The van der Waals surface area contributed by atoms with Crippen molar-refractivity contribution in [3.05, 3.63) is 23.8 Å². The predicted molar refractivity (Wildman–Crippen MR) is 75.7 cm³/mol. The molecule has 2 nitrogen and oxygen atoms in total. The smallest absolute Gasteiger partial charge is 0.161 e. The van der Waals surface area contributed by atoms with E-state index in [0.29, 0.717) is 12.5 Å². The molecule has 0 aliphatic rings. The molecule has 4 heteroatoms. The highest BCUT2D eigenvalue weighted by Crippen LogP contribution is 2.29. The lowest BCUT2D eigenvalue weighted by molar-refractivity contribution is 0.277. The normalized spacial score (nSPS) is 10.3. The van der Waals surface area contributed by atoms with Crippen molar-refractivity contribution in [3.63, 3.8) is 0 Å². The summed E-state index contributed by atoms with van der Waals surface area (Å²) in [4.78, 5) is 0. The van der Waals surface area contributed by atoms with Crippen molar-refractivity contribution in [1.29, 1.82) is 0 Å². The fraction of sp³-hybridized carbons (Fsp3) is 0.538. The molecule has 1 aromatic rings. The third-order valence-electron chi connectivity index (χ3n) is 2.21. The summed E-state index contributed by atoms with van der Waals surface area (Å²) >= 11 is 7.63. The summed E-state index contributed by atoms with van der Waals surface area (Å²) in [6.45, 7) is 3.32. The summed E-state index contributed by atoms with van der Waals surface area (Å²) in [6, 6.07) is 5.85. The van der Waals surface area contributed by atoms with Gasteiger partial charge in [-0.25, -0.2) is 0 Å². The van der Waals surface area contributed by atoms with Crippen LogP contribution in [0, 0.1) is 0 Å². The van der Waals surface area contributed by atoms with Crippen LogP contribution in [0.4, 0.5) is 0 Å². The summed E-state index contributed by atoms with van der Waals surface area (Å²) in [5.41, 5.74) is 1.05. The first-order valence-electron chi connectivity index (χ1n) is 5.75. The summed E-state index contributed by atoms with van der Waals surface area (Å²) < 4.78 is 11.3. The molecule has 0 aliphatic heterocycles. The van der Waals surface area contributed by atoms with Crippen molar-refractivity contribution < 1.29 is 9.47 Å². The van der Waals surface area contributed by atoms with Crippen LogP contribution in [0.25, 0.3) is 0 Å². The van der Waals surface area contributed by atoms with Crippen molar-refractivity contribution in [1.82, 2.24) is 0 Å². The molecule has 0 saturated carbocycles. The molecule has 0 bridgehead atoms. The van der Waals surface area contributed by atoms with Gasteiger partial charge >= 0.3 is 0 Å². The van der Waals surface area contributed by atoms with E-state index in [0.717, 1.165) is 35.8 Å². The molecule has 0 spiro atoms. The standard InChI is InChI=1S/C13H19ClO2S/c1-3-15-13-9-11(10-14)5-6-12(13)16-7-4-8-17-2/h5-6,9H,3-4,7-8,10H2,1-2H3. The minimum Gasteiger partial charge on any atom is -0.490 e. The average molecular weight is 275 g/mol. The fourth-order valence-electron chi connectivity index (χ4n) is 1.41. The van der Waals surface area contributed by atoms with E-state index < -0.39 is 0 Å². The Balaban J connectivity index is 2.62. The molecule has 1 aromatic carbocycles. The van der Waals surface area contributed by atoms with Crippen LogP contribution in [0.5, 0.6) is 11.5 Å². The van der Waals surface area contributed by atoms with Gasteiger partial charge < -0.3 is 9.47 Å². The average Bonchev–Trinajstić information content (AvgIpc) is 2.36. The topological polar surface area (TPSA) is 18.5 Å². The maximum absolute atomic E-state index is 5.80. The lowest BCUT2D eigenvalue weighted by Crippen LogP contribution is -2.02. The van der Waals surface area contributed by atoms with Crippen LogP contribution >= 0.6 is 23.4 Å². The van der Waals surface area contributed by atoms with Gasteiger partial charge in [-0.3, -0.25) is 0 Å². The van der Waals surface area contributed by atoms with E-state index in [-0.39, 0.29) is 0 Å². The largest absolute Gasteiger partial charge is 0.490 e. The van der Waals surface area contributed by atoms with Gasteiger partial charge in [-0.15, -0.1) is 11.6 Å². The summed E-state index contributed by atoms with van der Waals surface area (Å²) in [7, 11) is 0. The molecule has 0 radical (unpaired) electrons. The van der Waals surface area contributed by atoms with E-state index in [2.05, 4.69) is 6.26 Å². The second-order valence-corrected chi connectivity index (χ2v) is 4.80. The van der Waals surface area contributed by atoms with E-state index in [9.17, 15) is 0 Å². The number of ether oxygens (including phenoxy) is 2. The van der Waals surface area contributed by atoms with Crippen LogP contribution in [-0.2, 0) is 5.88 Å². The zero-order valence-electron chi connectivity index (χ0n) is 10.4. The maximum atomic E-state index is 5.80. The molecule has 0 saturated heterocycles. The van der Waals surface area contributed by atoms with E-state index in [1.165, 1.54) is 0 Å². The van der Waals surface area contributed by atoms with Crippen molar-refractivity contribution in [3.8, 4) is 11.5 Å². The first kappa shape index (κ1) is 14.5. The molecule has 0 N–H and O–H groups in total. The van der Waals surface area contributed by atoms with Crippen LogP contribution in [0.2, 0.25) is 0 Å². The first-order valence-corrected chi connectivity index (χ1v) is 7.68. The molecular weight excluding hydrogens is 256 g/mol. The van der Waals surface area contributed by atoms with Crippen LogP contribution in [0.3, 0.4) is 0 Å². The number of rotatable bonds is 8. The molecule has 0 fully saturated rings. The van der Waals surface area contributed by atoms with Gasteiger partial charge in [-0.1, -0.05) is 6.07 Å². The Bertz CT molecular complexity index is 331. The minimum atomic E-state index is 0.493. The molecule has 0 atom stereocenters. The maximum Gasteiger partial charge on any atom is 0.161 e. The predicted octanol–water partition coefficient (Wildman–Crippen LogP) is 3.96. The zero-order valence-corrected chi connectivity index (χ0v) is 11.9. The Kier molecular flexibility index (Phi) is 7.29. The Morgan fingerprint density at radius 3 is 2.71 bits per heavy atom. The Morgan fingerprint density at radius 1 is 1.24 bits per heavy atom. The number of thioether (sulfide) groups is 1. The van der Waals surface area contributed by atoms with Gasteiger partial charge in [0.15, 0.2) is 11.5 Å². The van der Waals surface area contributed by atoms with Crippen molar-refractivity contribution in [2.24, 2.45) is 0 Å². The fourth-order valence-corrected chi connectivity index (χ4v) is 1.98. The summed E-state index contributed by atoms with van der Waals surface area (Å²) in [5, 5.41) is 0. The number of hydrogen-bond donors (Lipinski definition) is 0. The van der Waals surface area contributed by atoms with Gasteiger partial charge in [-0.05, 0) is 43.0 Å². The molecule has 0 heterocycles. The molecule has 96 valence electrons. The third kappa shape index (κ3) is 5.09. The van der Waals surface area contributed by atoms with Gasteiger partial charge in [0.2, 0.25) is 0 Å². The van der Waals surface area contributed by atoms with E-state index in [1.807, 2.05) is 36.9 Å². The number of benzene rings is 1. The second-order valence-electron chi connectivity index (χ2n) is 3.54. The van der Waals surface area contributed by atoms with Gasteiger partial charge in [0.1, 0.15) is 0 Å². The number of halogens is 1. The molecule has 0 aromatic heterocycles. The van der Waals surface area contributed by atoms with Crippen LogP contribution in [0.15, 0.2) is 18.2 Å². The second kappa shape index (κ2) is 8.54. The van der Waals surface area contributed by atoms with Crippen molar-refractivity contribution >= 4 is 23.4 Å². The highest BCUT2D eigenvalue weighted by Gasteiger charge is 2.05. The zero-order chi connectivity index (χ0) is 12.5. The summed E-state index contributed by atoms with van der Waals surface area (Å²) in [5.74, 6) is 3.20. The highest BCUT2D eigenvalue weighted by molar-refractivity contribution is 7.98. The molecule has 0 unspecified atom stereocenters. The van der Waals surface area contributed by atoms with E-state index in [1.54, 1.807) is 0 Å². The molecular formula is C13H19ClO2S. The van der Waals surface area contributed by atoms with E-state index >= 15 is 0 Å². The van der Waals surface area contributed by atoms with Gasteiger partial charge in [-0.2, -0.15) is 11.8 Å². The van der Waals surface area contributed by atoms with Crippen molar-refractivity contribution in [2.45, 2.75) is 19.2 Å². The Labute approximate surface area is 113 Å². The Morgan fingerprint density at radius 2 is 2.06 bits per heavy atom. The quantitative estimate of drug-likeness (QED) is 0.528. The SMILES string of the molecule is CCOc1cc(CCl)ccc1OCCCSC.